The standard InChI is InChI=1S/C17H23F2NO2/c1-16(21)6-9-22-17(12-16)4-7-20(8-5-17)11-13-2-3-14(18)15(19)10-13/h2-3,10,21H,4-9,11-12H2,1H3. The van der Waals surface area contributed by atoms with Crippen molar-refractivity contribution in [2.45, 2.75) is 50.4 Å². The second-order valence-corrected chi connectivity index (χ2v) is 6.98. The summed E-state index contributed by atoms with van der Waals surface area (Å²) in [4.78, 5) is 2.23. The van der Waals surface area contributed by atoms with E-state index in [4.69, 9.17) is 4.74 Å². The predicted octanol–water partition coefficient (Wildman–Crippen LogP) is 2.86. The van der Waals surface area contributed by atoms with Gasteiger partial charge in [-0.05, 0) is 43.9 Å². The maximum atomic E-state index is 13.3. The third-order valence-corrected chi connectivity index (χ3v) is 4.91. The zero-order chi connectivity index (χ0) is 15.8. The molecule has 2 heterocycles. The van der Waals surface area contributed by atoms with E-state index >= 15 is 0 Å². The molecule has 0 aromatic heterocycles. The van der Waals surface area contributed by atoms with Gasteiger partial charge in [0.15, 0.2) is 11.6 Å². The monoisotopic (exact) mass is 311 g/mol. The lowest BCUT2D eigenvalue weighted by molar-refractivity contribution is -0.173. The Hall–Kier alpha value is -1.04. The molecule has 0 aliphatic carbocycles. The first-order chi connectivity index (χ1) is 10.4. The summed E-state index contributed by atoms with van der Waals surface area (Å²) < 4.78 is 32.2. The molecule has 1 spiro atoms. The minimum absolute atomic E-state index is 0.216. The lowest BCUT2D eigenvalue weighted by Gasteiger charge is -2.48. The first kappa shape index (κ1) is 15.8. The molecule has 122 valence electrons. The van der Waals surface area contributed by atoms with Gasteiger partial charge in [-0.2, -0.15) is 0 Å². The molecule has 22 heavy (non-hydrogen) atoms. The van der Waals surface area contributed by atoms with Gasteiger partial charge in [0.1, 0.15) is 0 Å². The average molecular weight is 311 g/mol. The summed E-state index contributed by atoms with van der Waals surface area (Å²) in [6.45, 7) is 4.79. The van der Waals surface area contributed by atoms with Crippen molar-refractivity contribution in [2.75, 3.05) is 19.7 Å². The minimum Gasteiger partial charge on any atom is -0.390 e. The van der Waals surface area contributed by atoms with Gasteiger partial charge in [0.05, 0.1) is 17.8 Å². The lowest BCUT2D eigenvalue weighted by Crippen LogP contribution is -2.53. The molecule has 0 amide bonds. The molecule has 5 heteroatoms. The summed E-state index contributed by atoms with van der Waals surface area (Å²) in [6, 6.07) is 4.07. The van der Waals surface area contributed by atoms with Gasteiger partial charge in [0.2, 0.25) is 0 Å². The molecule has 1 N–H and O–H groups in total. The van der Waals surface area contributed by atoms with Gasteiger partial charge >= 0.3 is 0 Å². The van der Waals surface area contributed by atoms with Crippen LogP contribution in [-0.2, 0) is 11.3 Å². The van der Waals surface area contributed by atoms with Crippen molar-refractivity contribution in [3.05, 3.63) is 35.4 Å². The highest BCUT2D eigenvalue weighted by Gasteiger charge is 2.44. The second-order valence-electron chi connectivity index (χ2n) is 6.98. The molecule has 1 unspecified atom stereocenters. The average Bonchev–Trinajstić information content (AvgIpc) is 2.45. The fourth-order valence-electron chi connectivity index (χ4n) is 3.66. The van der Waals surface area contributed by atoms with Crippen LogP contribution in [0.25, 0.3) is 0 Å². The number of nitrogens with zero attached hydrogens (tertiary/aromatic N) is 1. The molecule has 1 atom stereocenters. The van der Waals surface area contributed by atoms with Crippen molar-refractivity contribution in [1.82, 2.24) is 4.90 Å². The van der Waals surface area contributed by atoms with Crippen molar-refractivity contribution in [3.63, 3.8) is 0 Å². The third kappa shape index (κ3) is 3.47. The Balaban J connectivity index is 1.58. The molecule has 2 aliphatic heterocycles. The van der Waals surface area contributed by atoms with Crippen LogP contribution >= 0.6 is 0 Å². The third-order valence-electron chi connectivity index (χ3n) is 4.91. The van der Waals surface area contributed by atoms with Gasteiger partial charge in [0, 0.05) is 26.1 Å². The number of hydrogen-bond acceptors (Lipinski definition) is 3. The number of aliphatic hydroxyl groups is 1. The molecule has 1 aromatic rings. The fraction of sp³-hybridized carbons (Fsp3) is 0.647. The smallest absolute Gasteiger partial charge is 0.159 e. The van der Waals surface area contributed by atoms with Crippen LogP contribution in [0, 0.1) is 11.6 Å². The van der Waals surface area contributed by atoms with Gasteiger partial charge < -0.3 is 9.84 Å². The fourth-order valence-corrected chi connectivity index (χ4v) is 3.66. The Morgan fingerprint density at radius 3 is 2.55 bits per heavy atom. The first-order valence-electron chi connectivity index (χ1n) is 7.90. The quantitative estimate of drug-likeness (QED) is 0.911. The molecule has 2 aliphatic rings. The van der Waals surface area contributed by atoms with Crippen molar-refractivity contribution in [1.29, 1.82) is 0 Å². The summed E-state index contributed by atoms with van der Waals surface area (Å²) in [5, 5.41) is 10.3. The van der Waals surface area contributed by atoms with E-state index in [1.807, 2.05) is 6.92 Å². The summed E-state index contributed by atoms with van der Waals surface area (Å²) >= 11 is 0. The van der Waals surface area contributed by atoms with Gasteiger partial charge in [-0.15, -0.1) is 0 Å². The van der Waals surface area contributed by atoms with Gasteiger partial charge in [-0.25, -0.2) is 8.78 Å². The number of benzene rings is 1. The number of rotatable bonds is 2. The van der Waals surface area contributed by atoms with Crippen LogP contribution in [0.2, 0.25) is 0 Å². The van der Waals surface area contributed by atoms with E-state index in [2.05, 4.69) is 4.90 Å². The molecule has 2 saturated heterocycles. The number of likely N-dealkylation sites (tertiary alicyclic amines) is 1. The Morgan fingerprint density at radius 1 is 1.18 bits per heavy atom. The lowest BCUT2D eigenvalue weighted by atomic mass is 9.78. The van der Waals surface area contributed by atoms with Gasteiger partial charge in [0.25, 0.3) is 0 Å². The van der Waals surface area contributed by atoms with E-state index < -0.39 is 17.2 Å². The van der Waals surface area contributed by atoms with Crippen LogP contribution in [0.5, 0.6) is 0 Å². The topological polar surface area (TPSA) is 32.7 Å². The van der Waals surface area contributed by atoms with Crippen LogP contribution in [0.4, 0.5) is 8.78 Å². The highest BCUT2D eigenvalue weighted by atomic mass is 19.2. The summed E-state index contributed by atoms with van der Waals surface area (Å²) in [5.74, 6) is -1.60. The Bertz CT molecular complexity index is 539. The Labute approximate surface area is 129 Å². The molecule has 0 radical (unpaired) electrons. The SMILES string of the molecule is CC1(O)CCOC2(CCN(Cc3ccc(F)c(F)c3)CC2)C1. The molecular weight excluding hydrogens is 288 g/mol. The van der Waals surface area contributed by atoms with Crippen LogP contribution in [0.1, 0.15) is 38.2 Å². The van der Waals surface area contributed by atoms with E-state index in [9.17, 15) is 13.9 Å². The van der Waals surface area contributed by atoms with Crippen LogP contribution in [0.15, 0.2) is 18.2 Å². The molecule has 0 saturated carbocycles. The Kier molecular flexibility index (Phi) is 4.23. The largest absolute Gasteiger partial charge is 0.390 e. The second kappa shape index (κ2) is 5.87. The molecular formula is C17H23F2NO2. The highest BCUT2D eigenvalue weighted by Crippen LogP contribution is 2.39. The van der Waals surface area contributed by atoms with Crippen LogP contribution in [0.3, 0.4) is 0 Å². The number of ether oxygens (including phenoxy) is 1. The summed E-state index contributed by atoms with van der Waals surface area (Å²) in [6.07, 6.45) is 3.10. The minimum atomic E-state index is -0.806. The maximum Gasteiger partial charge on any atom is 0.159 e. The van der Waals surface area contributed by atoms with E-state index in [1.54, 1.807) is 6.07 Å². The molecule has 1 aromatic carbocycles. The number of halogens is 2. The van der Waals surface area contributed by atoms with Crippen LogP contribution in [-0.4, -0.2) is 40.9 Å². The van der Waals surface area contributed by atoms with E-state index in [-0.39, 0.29) is 5.60 Å². The van der Waals surface area contributed by atoms with Crippen molar-refractivity contribution in [2.24, 2.45) is 0 Å². The first-order valence-corrected chi connectivity index (χ1v) is 7.90. The predicted molar refractivity (Wildman–Crippen MR) is 79.4 cm³/mol. The number of hydrogen-bond donors (Lipinski definition) is 1. The molecule has 0 bridgehead atoms. The molecule has 2 fully saturated rings. The zero-order valence-corrected chi connectivity index (χ0v) is 12.9. The zero-order valence-electron chi connectivity index (χ0n) is 12.9. The van der Waals surface area contributed by atoms with Crippen molar-refractivity contribution >= 4 is 0 Å². The van der Waals surface area contributed by atoms with Gasteiger partial charge in [-0.1, -0.05) is 6.07 Å². The number of piperidine rings is 1. The van der Waals surface area contributed by atoms with Crippen LogP contribution < -0.4 is 0 Å². The van der Waals surface area contributed by atoms with Crippen molar-refractivity contribution in [3.8, 4) is 0 Å². The maximum absolute atomic E-state index is 13.3. The normalized spacial score (nSPS) is 28.9. The highest BCUT2D eigenvalue weighted by molar-refractivity contribution is 5.17. The van der Waals surface area contributed by atoms with E-state index in [0.29, 0.717) is 26.0 Å². The Morgan fingerprint density at radius 2 is 1.91 bits per heavy atom. The summed E-state index contributed by atoms with van der Waals surface area (Å²) in [5.41, 5.74) is -0.0707. The summed E-state index contributed by atoms with van der Waals surface area (Å²) in [7, 11) is 0. The molecule has 3 nitrogen and oxygen atoms in total. The molecule has 3 rings (SSSR count). The van der Waals surface area contributed by atoms with Gasteiger partial charge in [-0.3, -0.25) is 4.90 Å². The van der Waals surface area contributed by atoms with E-state index in [0.717, 1.165) is 31.5 Å². The van der Waals surface area contributed by atoms with Crippen molar-refractivity contribution < 1.29 is 18.6 Å². The van der Waals surface area contributed by atoms with E-state index in [1.165, 1.54) is 12.1 Å².